The Morgan fingerprint density at radius 3 is 2.43 bits per heavy atom. The van der Waals surface area contributed by atoms with Crippen molar-refractivity contribution >= 4 is 34.5 Å². The Kier molecular flexibility index (Phi) is 5.72. The van der Waals surface area contributed by atoms with Crippen LogP contribution in [-0.2, 0) is 14.3 Å². The van der Waals surface area contributed by atoms with Gasteiger partial charge in [0.25, 0.3) is 5.69 Å². The number of allylic oxidation sites excluding steroid dienone is 1. The summed E-state index contributed by atoms with van der Waals surface area (Å²) in [5.41, 5.74) is 2.88. The highest BCUT2D eigenvalue weighted by molar-refractivity contribution is 6.14. The summed E-state index contributed by atoms with van der Waals surface area (Å²) in [6.45, 7) is 2.62. The molecule has 2 fully saturated rings. The lowest BCUT2D eigenvalue weighted by Crippen LogP contribution is -2.49. The van der Waals surface area contributed by atoms with E-state index in [2.05, 4.69) is 0 Å². The minimum Gasteiger partial charge on any atom is -0.385 e. The van der Waals surface area contributed by atoms with Crippen LogP contribution in [0, 0.1) is 22.0 Å². The number of hydrogen-bond acceptors (Lipinski definition) is 7. The van der Waals surface area contributed by atoms with Crippen LogP contribution in [0.1, 0.15) is 29.3 Å². The molecule has 0 radical (unpaired) electrons. The van der Waals surface area contributed by atoms with Gasteiger partial charge >= 0.3 is 0 Å². The molecule has 180 valence electrons. The van der Waals surface area contributed by atoms with Gasteiger partial charge < -0.3 is 9.64 Å². The summed E-state index contributed by atoms with van der Waals surface area (Å²) in [5.74, 6) is -2.48. The van der Waals surface area contributed by atoms with E-state index in [0.29, 0.717) is 13.0 Å². The number of nitro groups is 1. The van der Waals surface area contributed by atoms with Crippen LogP contribution in [0.3, 0.4) is 0 Å². The van der Waals surface area contributed by atoms with E-state index in [0.717, 1.165) is 16.8 Å². The minimum atomic E-state index is -0.902. The molecule has 5 rings (SSSR count). The molecule has 35 heavy (non-hydrogen) atoms. The van der Waals surface area contributed by atoms with Crippen LogP contribution in [0.25, 0.3) is 5.57 Å². The number of nitrogens with zero attached hydrogens (tertiary/aromatic N) is 3. The molecule has 2 saturated heterocycles. The Labute approximate surface area is 202 Å². The third-order valence-corrected chi connectivity index (χ3v) is 7.21. The molecule has 4 atom stereocenters. The largest absolute Gasteiger partial charge is 0.385 e. The van der Waals surface area contributed by atoms with E-state index in [9.17, 15) is 24.5 Å². The van der Waals surface area contributed by atoms with Gasteiger partial charge in [-0.15, -0.1) is 0 Å². The number of nitro benzene ring substituents is 1. The molecule has 9 heteroatoms. The molecule has 9 nitrogen and oxygen atoms in total. The van der Waals surface area contributed by atoms with Crippen molar-refractivity contribution in [3.63, 3.8) is 0 Å². The second-order valence-electron chi connectivity index (χ2n) is 9.10. The number of imide groups is 1. The number of fused-ring (bicyclic) bond motifs is 5. The molecule has 2 aromatic carbocycles. The lowest BCUT2D eigenvalue weighted by atomic mass is 9.85. The van der Waals surface area contributed by atoms with Crippen LogP contribution in [0.4, 0.5) is 11.4 Å². The number of rotatable bonds is 7. The summed E-state index contributed by atoms with van der Waals surface area (Å²) in [7, 11) is 1.56. The van der Waals surface area contributed by atoms with Crippen LogP contribution < -0.4 is 4.90 Å². The highest BCUT2D eigenvalue weighted by Gasteiger charge is 2.64. The predicted molar refractivity (Wildman–Crippen MR) is 128 cm³/mol. The molecular formula is C26H25N3O6. The van der Waals surface area contributed by atoms with Gasteiger partial charge in [0, 0.05) is 49.2 Å². The van der Waals surface area contributed by atoms with Crippen molar-refractivity contribution in [1.29, 1.82) is 0 Å². The summed E-state index contributed by atoms with van der Waals surface area (Å²) < 4.78 is 5.08. The average Bonchev–Trinajstić information content (AvgIpc) is 3.32. The van der Waals surface area contributed by atoms with Gasteiger partial charge in [-0.2, -0.15) is 0 Å². The molecular weight excluding hydrogens is 450 g/mol. The first kappa shape index (κ1) is 22.9. The second-order valence-corrected chi connectivity index (χ2v) is 9.10. The molecule has 2 amide bonds. The highest BCUT2D eigenvalue weighted by atomic mass is 16.6. The lowest BCUT2D eigenvalue weighted by molar-refractivity contribution is -0.384. The topological polar surface area (TPSA) is 110 Å². The monoisotopic (exact) mass is 475 g/mol. The van der Waals surface area contributed by atoms with E-state index in [1.54, 1.807) is 7.11 Å². The van der Waals surface area contributed by atoms with Gasteiger partial charge in [0.15, 0.2) is 5.78 Å². The van der Waals surface area contributed by atoms with Crippen molar-refractivity contribution in [3.05, 3.63) is 75.8 Å². The summed E-state index contributed by atoms with van der Waals surface area (Å²) in [4.78, 5) is 54.7. The van der Waals surface area contributed by atoms with Crippen LogP contribution in [0.5, 0.6) is 0 Å². The molecule has 0 unspecified atom stereocenters. The van der Waals surface area contributed by atoms with Gasteiger partial charge in [0.2, 0.25) is 11.8 Å². The van der Waals surface area contributed by atoms with Gasteiger partial charge in [-0.25, -0.2) is 0 Å². The first-order valence-electron chi connectivity index (χ1n) is 11.5. The lowest BCUT2D eigenvalue weighted by Gasteiger charge is -2.38. The Hall–Kier alpha value is -3.85. The fourth-order valence-corrected chi connectivity index (χ4v) is 5.66. The van der Waals surface area contributed by atoms with Gasteiger partial charge in [0.05, 0.1) is 22.8 Å². The molecule has 0 spiro atoms. The van der Waals surface area contributed by atoms with Crippen molar-refractivity contribution in [3.8, 4) is 0 Å². The molecule has 3 aliphatic heterocycles. The first-order chi connectivity index (χ1) is 16.8. The number of amides is 2. The van der Waals surface area contributed by atoms with Crippen molar-refractivity contribution < 1.29 is 24.0 Å². The third-order valence-electron chi connectivity index (χ3n) is 7.21. The van der Waals surface area contributed by atoms with E-state index in [1.807, 2.05) is 42.2 Å². The van der Waals surface area contributed by atoms with Gasteiger partial charge in [-0.3, -0.25) is 29.4 Å². The number of carbonyl (C=O) groups excluding carboxylic acids is 3. The van der Waals surface area contributed by atoms with Crippen LogP contribution >= 0.6 is 0 Å². The minimum absolute atomic E-state index is 0.123. The van der Waals surface area contributed by atoms with E-state index in [1.165, 1.54) is 29.2 Å². The number of ether oxygens (including phenoxy) is 1. The summed E-state index contributed by atoms with van der Waals surface area (Å²) in [6, 6.07) is 11.7. The number of carbonyl (C=O) groups is 3. The molecule has 0 N–H and O–H groups in total. The number of benzene rings is 2. The fourth-order valence-electron chi connectivity index (χ4n) is 5.66. The van der Waals surface area contributed by atoms with Crippen molar-refractivity contribution in [2.75, 3.05) is 25.2 Å². The van der Waals surface area contributed by atoms with E-state index < -0.39 is 28.8 Å². The third kappa shape index (κ3) is 3.54. The quantitative estimate of drug-likeness (QED) is 0.199. The van der Waals surface area contributed by atoms with Crippen molar-refractivity contribution in [1.82, 2.24) is 4.90 Å². The van der Waals surface area contributed by atoms with Crippen LogP contribution in [-0.4, -0.2) is 59.8 Å². The molecule has 3 aliphatic rings. The van der Waals surface area contributed by atoms with E-state index in [-0.39, 0.29) is 35.4 Å². The second kappa shape index (κ2) is 8.74. The average molecular weight is 476 g/mol. The maximum absolute atomic E-state index is 13.9. The standard InChI is InChI=1S/C26H25N3O6/c1-15-14-20-21-22(26(32)27(25(21)31)12-5-13-35-2)23(28(20)19-7-4-3-6-18(15)19)24(30)16-8-10-17(11-9-16)29(33)34/h3-4,6-11,14,20-23H,5,12-13H2,1-2H3/t20-,21+,22-,23+/m0/s1. The summed E-state index contributed by atoms with van der Waals surface area (Å²) in [5, 5.41) is 11.1. The Morgan fingerprint density at radius 1 is 1.06 bits per heavy atom. The summed E-state index contributed by atoms with van der Waals surface area (Å²) in [6.07, 6.45) is 2.49. The highest BCUT2D eigenvalue weighted by Crippen LogP contribution is 2.50. The smallest absolute Gasteiger partial charge is 0.269 e. The molecule has 0 aromatic heterocycles. The fraction of sp³-hybridized carbons (Fsp3) is 0.346. The molecule has 0 saturated carbocycles. The number of likely N-dealkylation sites (tertiary alicyclic amines) is 1. The number of hydrogen-bond donors (Lipinski definition) is 0. The number of ketones is 1. The Morgan fingerprint density at radius 2 is 1.74 bits per heavy atom. The number of methoxy groups -OCH3 is 1. The van der Waals surface area contributed by atoms with Gasteiger partial charge in [-0.05, 0) is 37.1 Å². The first-order valence-corrected chi connectivity index (χ1v) is 11.5. The van der Waals surface area contributed by atoms with Crippen LogP contribution in [0.2, 0.25) is 0 Å². The molecule has 0 bridgehead atoms. The number of anilines is 1. The number of para-hydroxylation sites is 1. The molecule has 2 aromatic rings. The number of Topliss-reactive ketones (excluding diaryl/α,β-unsaturated/α-hetero) is 1. The Bertz CT molecular complexity index is 1250. The molecule has 0 aliphatic carbocycles. The Balaban J connectivity index is 1.59. The van der Waals surface area contributed by atoms with E-state index >= 15 is 0 Å². The predicted octanol–water partition coefficient (Wildman–Crippen LogP) is 3.09. The number of non-ortho nitro benzene ring substituents is 1. The van der Waals surface area contributed by atoms with Gasteiger partial charge in [0.1, 0.15) is 6.04 Å². The summed E-state index contributed by atoms with van der Waals surface area (Å²) >= 11 is 0. The zero-order valence-electron chi connectivity index (χ0n) is 19.4. The SMILES string of the molecule is COCCCN1C(=O)[C@H]2[C@H](C1=O)[C@H](C(=O)c1ccc([N+](=O)[O-])cc1)N1c3ccccc3C(C)=C[C@@H]21. The van der Waals surface area contributed by atoms with Crippen molar-refractivity contribution in [2.24, 2.45) is 11.8 Å². The van der Waals surface area contributed by atoms with Gasteiger partial charge in [-0.1, -0.05) is 24.3 Å². The van der Waals surface area contributed by atoms with Crippen LogP contribution in [0.15, 0.2) is 54.6 Å². The van der Waals surface area contributed by atoms with Crippen molar-refractivity contribution in [2.45, 2.75) is 25.4 Å². The zero-order valence-corrected chi connectivity index (χ0v) is 19.4. The maximum Gasteiger partial charge on any atom is 0.269 e. The maximum atomic E-state index is 13.9. The zero-order chi connectivity index (χ0) is 24.9. The molecule has 3 heterocycles. The normalized spacial score (nSPS) is 24.7. The van der Waals surface area contributed by atoms with E-state index in [4.69, 9.17) is 4.74 Å².